The molecule has 126 valence electrons. The molecule has 3 N–H and O–H groups in total. The number of pyridine rings is 1. The third-order valence-corrected chi connectivity index (χ3v) is 3.98. The van der Waals surface area contributed by atoms with Crippen molar-refractivity contribution in [2.75, 3.05) is 10.6 Å². The average molecular weight is 340 g/mol. The number of H-pyrrole nitrogens is 1. The Balaban J connectivity index is 1.72. The molecule has 0 saturated heterocycles. The Hall–Kier alpha value is -3.85. The summed E-state index contributed by atoms with van der Waals surface area (Å²) in [6.07, 6.45) is 0. The lowest BCUT2D eigenvalue weighted by molar-refractivity contribution is 1.05. The average Bonchev–Trinajstić information content (AvgIpc) is 3.07. The van der Waals surface area contributed by atoms with Gasteiger partial charge in [0.25, 0.3) is 0 Å². The van der Waals surface area contributed by atoms with Crippen LogP contribution in [-0.4, -0.2) is 15.2 Å². The number of aromatic nitrogens is 3. The van der Waals surface area contributed by atoms with Crippen LogP contribution in [0.5, 0.6) is 0 Å². The summed E-state index contributed by atoms with van der Waals surface area (Å²) in [5.41, 5.74) is 2.47. The molecule has 0 aliphatic heterocycles. The van der Waals surface area contributed by atoms with E-state index in [1.54, 1.807) is 12.1 Å². The molecule has 0 spiro atoms. The Bertz CT molecular complexity index is 1110. The van der Waals surface area contributed by atoms with Gasteiger partial charge in [0.2, 0.25) is 0 Å². The Labute approximate surface area is 150 Å². The number of fused-ring (bicyclic) bond motifs is 1. The second-order valence-electron chi connectivity index (χ2n) is 5.95. The zero-order chi connectivity index (χ0) is 17.9. The predicted molar refractivity (Wildman–Crippen MR) is 103 cm³/mol. The molecule has 2 aromatic carbocycles. The highest BCUT2D eigenvalue weighted by molar-refractivity contribution is 5.95. The molecule has 6 nitrogen and oxygen atoms in total. The maximum absolute atomic E-state index is 8.94. The summed E-state index contributed by atoms with van der Waals surface area (Å²) in [7, 11) is 0. The van der Waals surface area contributed by atoms with Crippen molar-refractivity contribution in [2.24, 2.45) is 0 Å². The molecule has 0 atom stereocenters. The van der Waals surface area contributed by atoms with Gasteiger partial charge in [-0.15, -0.1) is 0 Å². The van der Waals surface area contributed by atoms with Crippen LogP contribution in [0, 0.1) is 18.3 Å². The van der Waals surface area contributed by atoms with Gasteiger partial charge < -0.3 is 10.6 Å². The molecule has 0 radical (unpaired) electrons. The molecule has 0 fully saturated rings. The highest BCUT2D eigenvalue weighted by atomic mass is 15.2. The minimum Gasteiger partial charge on any atom is -0.340 e. The topological polar surface area (TPSA) is 89.4 Å². The van der Waals surface area contributed by atoms with E-state index in [-0.39, 0.29) is 0 Å². The third kappa shape index (κ3) is 3.19. The van der Waals surface area contributed by atoms with Gasteiger partial charge in [-0.05, 0) is 42.6 Å². The van der Waals surface area contributed by atoms with Gasteiger partial charge in [-0.2, -0.15) is 10.4 Å². The fraction of sp³-hybridized carbons (Fsp3) is 0.0500. The number of aryl methyl sites for hydroxylation is 1. The largest absolute Gasteiger partial charge is 0.340 e. The first-order valence-electron chi connectivity index (χ1n) is 8.17. The van der Waals surface area contributed by atoms with E-state index in [9.17, 15) is 0 Å². The molecule has 0 amide bonds. The van der Waals surface area contributed by atoms with Crippen LogP contribution in [-0.2, 0) is 0 Å². The first-order chi connectivity index (χ1) is 12.7. The highest BCUT2D eigenvalue weighted by Crippen LogP contribution is 2.28. The van der Waals surface area contributed by atoms with Crippen LogP contribution in [0.4, 0.5) is 23.1 Å². The normalized spacial score (nSPS) is 10.5. The van der Waals surface area contributed by atoms with E-state index >= 15 is 0 Å². The Kier molecular flexibility index (Phi) is 3.96. The standard InChI is InChI=1S/C20H16N6/c1-13-10-19(26-25-13)23-18-11-15-4-2-3-5-17(15)20(24-18)22-16-8-6-14(12-21)7-9-16/h2-11H,1H3,(H3,22,23,24,25,26). The third-order valence-electron chi connectivity index (χ3n) is 3.98. The number of rotatable bonds is 4. The van der Waals surface area contributed by atoms with Crippen LogP contribution in [0.25, 0.3) is 10.8 Å². The van der Waals surface area contributed by atoms with Crippen molar-refractivity contribution >= 4 is 33.9 Å². The van der Waals surface area contributed by atoms with Crippen molar-refractivity contribution in [1.29, 1.82) is 5.26 Å². The van der Waals surface area contributed by atoms with Crippen LogP contribution < -0.4 is 10.6 Å². The van der Waals surface area contributed by atoms with Gasteiger partial charge in [-0.3, -0.25) is 5.10 Å². The van der Waals surface area contributed by atoms with Gasteiger partial charge >= 0.3 is 0 Å². The van der Waals surface area contributed by atoms with E-state index in [0.717, 1.165) is 33.8 Å². The van der Waals surface area contributed by atoms with Crippen molar-refractivity contribution in [3.63, 3.8) is 0 Å². The fourth-order valence-electron chi connectivity index (χ4n) is 2.74. The zero-order valence-electron chi connectivity index (χ0n) is 14.1. The van der Waals surface area contributed by atoms with Crippen LogP contribution in [0.2, 0.25) is 0 Å². The monoisotopic (exact) mass is 340 g/mol. The van der Waals surface area contributed by atoms with E-state index in [2.05, 4.69) is 26.9 Å². The van der Waals surface area contributed by atoms with E-state index < -0.39 is 0 Å². The molecular formula is C20H16N6. The fourth-order valence-corrected chi connectivity index (χ4v) is 2.74. The van der Waals surface area contributed by atoms with Gasteiger partial charge in [-0.1, -0.05) is 24.3 Å². The second kappa shape index (κ2) is 6.57. The number of aromatic amines is 1. The summed E-state index contributed by atoms with van der Waals surface area (Å²) >= 11 is 0. The van der Waals surface area contributed by atoms with Crippen LogP contribution >= 0.6 is 0 Å². The van der Waals surface area contributed by atoms with Crippen molar-refractivity contribution in [1.82, 2.24) is 15.2 Å². The molecule has 0 aliphatic rings. The number of benzene rings is 2. The first kappa shape index (κ1) is 15.7. The van der Waals surface area contributed by atoms with Crippen LogP contribution in [0.3, 0.4) is 0 Å². The number of hydrogen-bond acceptors (Lipinski definition) is 5. The van der Waals surface area contributed by atoms with Crippen molar-refractivity contribution in [2.45, 2.75) is 6.92 Å². The SMILES string of the molecule is Cc1cc(Nc2cc3ccccc3c(Nc3ccc(C#N)cc3)n2)n[nH]1. The second-order valence-corrected chi connectivity index (χ2v) is 5.95. The molecule has 2 aromatic heterocycles. The van der Waals surface area contributed by atoms with Gasteiger partial charge in [-0.25, -0.2) is 4.98 Å². The summed E-state index contributed by atoms with van der Waals surface area (Å²) in [4.78, 5) is 4.70. The Morgan fingerprint density at radius 3 is 2.50 bits per heavy atom. The minimum atomic E-state index is 0.623. The van der Waals surface area contributed by atoms with Crippen LogP contribution in [0.15, 0.2) is 60.7 Å². The number of nitrogens with one attached hydrogen (secondary N) is 3. The smallest absolute Gasteiger partial charge is 0.153 e. The molecule has 26 heavy (non-hydrogen) atoms. The summed E-state index contributed by atoms with van der Waals surface area (Å²) in [6, 6.07) is 21.4. The van der Waals surface area contributed by atoms with Gasteiger partial charge in [0, 0.05) is 22.8 Å². The molecule has 0 saturated carbocycles. The van der Waals surface area contributed by atoms with E-state index in [4.69, 9.17) is 10.2 Å². The predicted octanol–water partition coefficient (Wildman–Crippen LogP) is 4.63. The number of nitrogens with zero attached hydrogens (tertiary/aromatic N) is 3. The lowest BCUT2D eigenvalue weighted by Crippen LogP contribution is -2.00. The number of nitriles is 1. The number of hydrogen-bond donors (Lipinski definition) is 3. The Morgan fingerprint density at radius 2 is 1.77 bits per heavy atom. The molecule has 4 aromatic rings. The molecule has 0 unspecified atom stereocenters. The minimum absolute atomic E-state index is 0.623. The highest BCUT2D eigenvalue weighted by Gasteiger charge is 2.08. The lowest BCUT2D eigenvalue weighted by Gasteiger charge is -2.12. The maximum atomic E-state index is 8.94. The summed E-state index contributed by atoms with van der Waals surface area (Å²) in [5, 5.41) is 24.7. The maximum Gasteiger partial charge on any atom is 0.153 e. The first-order valence-corrected chi connectivity index (χ1v) is 8.17. The molecule has 6 heteroatoms. The Morgan fingerprint density at radius 1 is 0.962 bits per heavy atom. The molecule has 0 aliphatic carbocycles. The van der Waals surface area contributed by atoms with Crippen molar-refractivity contribution in [3.8, 4) is 6.07 Å². The van der Waals surface area contributed by atoms with Crippen molar-refractivity contribution < 1.29 is 0 Å². The van der Waals surface area contributed by atoms with E-state index in [1.807, 2.05) is 55.5 Å². The summed E-state index contributed by atoms with van der Waals surface area (Å²) < 4.78 is 0. The van der Waals surface area contributed by atoms with E-state index in [1.165, 1.54) is 0 Å². The van der Waals surface area contributed by atoms with Gasteiger partial charge in [0.15, 0.2) is 5.82 Å². The molecule has 2 heterocycles. The number of anilines is 4. The van der Waals surface area contributed by atoms with Gasteiger partial charge in [0.1, 0.15) is 11.6 Å². The van der Waals surface area contributed by atoms with Crippen LogP contribution in [0.1, 0.15) is 11.3 Å². The summed E-state index contributed by atoms with van der Waals surface area (Å²) in [5.74, 6) is 2.16. The van der Waals surface area contributed by atoms with Crippen molar-refractivity contribution in [3.05, 3.63) is 71.9 Å². The molecule has 4 rings (SSSR count). The summed E-state index contributed by atoms with van der Waals surface area (Å²) in [6.45, 7) is 1.95. The lowest BCUT2D eigenvalue weighted by atomic mass is 10.1. The molecular weight excluding hydrogens is 324 g/mol. The molecule has 0 bridgehead atoms. The zero-order valence-corrected chi connectivity index (χ0v) is 14.1. The quantitative estimate of drug-likeness (QED) is 0.504. The van der Waals surface area contributed by atoms with E-state index in [0.29, 0.717) is 11.4 Å². The van der Waals surface area contributed by atoms with Gasteiger partial charge in [0.05, 0.1) is 11.6 Å².